The fourth-order valence-electron chi connectivity index (χ4n) is 1.29. The van der Waals surface area contributed by atoms with Gasteiger partial charge >= 0.3 is 0 Å². The maximum Gasteiger partial charge on any atom is 0.230 e. The molecule has 0 spiro atoms. The molecule has 1 aromatic rings. The van der Waals surface area contributed by atoms with Gasteiger partial charge in [-0.25, -0.2) is 8.42 Å². The van der Waals surface area contributed by atoms with E-state index in [0.717, 1.165) is 4.31 Å². The number of hydrogen-bond donors (Lipinski definition) is 0. The summed E-state index contributed by atoms with van der Waals surface area (Å²) in [6.07, 6.45) is 0. The molecular weight excluding hydrogens is 260 g/mol. The minimum Gasteiger partial charge on any atom is -0.211 e. The lowest BCUT2D eigenvalue weighted by Gasteiger charge is -2.18. The first-order chi connectivity index (χ1) is 7.89. The molecule has 0 saturated carbocycles. The second-order valence-corrected chi connectivity index (χ2v) is 6.43. The minimum atomic E-state index is -3.59. The Kier molecular flexibility index (Phi) is 4.52. The molecule has 1 aromatic carbocycles. The Labute approximate surface area is 106 Å². The van der Waals surface area contributed by atoms with E-state index in [1.807, 2.05) is 0 Å². The van der Waals surface area contributed by atoms with Crippen molar-refractivity contribution in [3.63, 3.8) is 0 Å². The molecule has 0 N–H and O–H groups in total. The summed E-state index contributed by atoms with van der Waals surface area (Å²) >= 11 is 5.95. The summed E-state index contributed by atoms with van der Waals surface area (Å²) in [7, 11) is -2.15. The molecule has 1 atom stereocenters. The van der Waals surface area contributed by atoms with Crippen molar-refractivity contribution in [1.82, 2.24) is 4.31 Å². The van der Waals surface area contributed by atoms with Crippen molar-refractivity contribution >= 4 is 21.6 Å². The predicted octanol–water partition coefficient (Wildman–Crippen LogP) is 2.01. The van der Waals surface area contributed by atoms with E-state index in [4.69, 9.17) is 16.9 Å². The lowest BCUT2D eigenvalue weighted by atomic mass is 10.2. The van der Waals surface area contributed by atoms with Gasteiger partial charge in [-0.2, -0.15) is 9.57 Å². The third-order valence-electron chi connectivity index (χ3n) is 2.41. The van der Waals surface area contributed by atoms with Crippen LogP contribution in [0.5, 0.6) is 0 Å². The summed E-state index contributed by atoms with van der Waals surface area (Å²) in [5.74, 6) is 0. The largest absolute Gasteiger partial charge is 0.230 e. The molecule has 0 saturated heterocycles. The molecule has 0 aliphatic carbocycles. The zero-order chi connectivity index (χ0) is 13.1. The van der Waals surface area contributed by atoms with Crippen LogP contribution in [0.3, 0.4) is 0 Å². The number of sulfonamides is 1. The molecule has 1 rings (SSSR count). The van der Waals surface area contributed by atoms with E-state index >= 15 is 0 Å². The number of nitriles is 1. The first kappa shape index (κ1) is 14.0. The van der Waals surface area contributed by atoms with Crippen LogP contribution in [0.15, 0.2) is 24.3 Å². The monoisotopic (exact) mass is 272 g/mol. The lowest BCUT2D eigenvalue weighted by Crippen LogP contribution is -2.33. The van der Waals surface area contributed by atoms with Gasteiger partial charge in [-0.3, -0.25) is 0 Å². The highest BCUT2D eigenvalue weighted by Gasteiger charge is 2.25. The predicted molar refractivity (Wildman–Crippen MR) is 66.9 cm³/mol. The van der Waals surface area contributed by atoms with Crippen molar-refractivity contribution in [3.05, 3.63) is 34.9 Å². The van der Waals surface area contributed by atoms with E-state index in [1.165, 1.54) is 14.0 Å². The SMILES string of the molecule is CC(C#N)S(=O)(=O)N(C)Cc1ccccc1Cl. The molecule has 0 fully saturated rings. The first-order valence-corrected chi connectivity index (χ1v) is 6.86. The molecule has 17 heavy (non-hydrogen) atoms. The van der Waals surface area contributed by atoms with Gasteiger partial charge < -0.3 is 0 Å². The summed E-state index contributed by atoms with van der Waals surface area (Å²) in [6.45, 7) is 1.52. The second-order valence-electron chi connectivity index (χ2n) is 3.66. The number of benzene rings is 1. The molecule has 4 nitrogen and oxygen atoms in total. The van der Waals surface area contributed by atoms with Gasteiger partial charge in [-0.15, -0.1) is 0 Å². The van der Waals surface area contributed by atoms with E-state index in [9.17, 15) is 8.42 Å². The molecular formula is C11H13ClN2O2S. The summed E-state index contributed by atoms with van der Waals surface area (Å²) in [5.41, 5.74) is 0.713. The Morgan fingerprint density at radius 3 is 2.59 bits per heavy atom. The quantitative estimate of drug-likeness (QED) is 0.842. The molecule has 0 aliphatic rings. The van der Waals surface area contributed by atoms with Crippen molar-refractivity contribution in [3.8, 4) is 6.07 Å². The third kappa shape index (κ3) is 3.19. The average Bonchev–Trinajstić information content (AvgIpc) is 2.30. The van der Waals surface area contributed by atoms with Crippen molar-refractivity contribution < 1.29 is 8.42 Å². The van der Waals surface area contributed by atoms with Crippen molar-refractivity contribution in [2.75, 3.05) is 7.05 Å². The van der Waals surface area contributed by atoms with Gasteiger partial charge in [0.1, 0.15) is 0 Å². The Hall–Kier alpha value is -1.09. The highest BCUT2D eigenvalue weighted by Crippen LogP contribution is 2.18. The van der Waals surface area contributed by atoms with Gasteiger partial charge in [-0.1, -0.05) is 29.8 Å². The first-order valence-electron chi connectivity index (χ1n) is 4.97. The molecule has 1 unspecified atom stereocenters. The van der Waals surface area contributed by atoms with E-state index in [0.29, 0.717) is 10.6 Å². The van der Waals surface area contributed by atoms with Gasteiger partial charge in [0.2, 0.25) is 10.0 Å². The summed E-state index contributed by atoms with van der Waals surface area (Å²) in [6, 6.07) is 8.74. The topological polar surface area (TPSA) is 61.2 Å². The van der Waals surface area contributed by atoms with E-state index in [-0.39, 0.29) is 6.54 Å². The van der Waals surface area contributed by atoms with Gasteiger partial charge in [0.25, 0.3) is 0 Å². The Balaban J connectivity index is 2.92. The average molecular weight is 273 g/mol. The minimum absolute atomic E-state index is 0.161. The van der Waals surface area contributed by atoms with Crippen LogP contribution >= 0.6 is 11.6 Å². The number of nitrogens with zero attached hydrogens (tertiary/aromatic N) is 2. The molecule has 0 aromatic heterocycles. The fourth-order valence-corrected chi connectivity index (χ4v) is 2.48. The third-order valence-corrected chi connectivity index (χ3v) is 4.78. The molecule has 6 heteroatoms. The van der Waals surface area contributed by atoms with Crippen LogP contribution in [-0.4, -0.2) is 25.0 Å². The van der Waals surface area contributed by atoms with Crippen LogP contribution < -0.4 is 0 Å². The van der Waals surface area contributed by atoms with Crippen LogP contribution in [0.4, 0.5) is 0 Å². The second kappa shape index (κ2) is 5.50. The maximum atomic E-state index is 11.8. The van der Waals surface area contributed by atoms with E-state index in [1.54, 1.807) is 30.3 Å². The normalized spacial score (nSPS) is 13.4. The highest BCUT2D eigenvalue weighted by atomic mass is 35.5. The highest BCUT2D eigenvalue weighted by molar-refractivity contribution is 7.89. The molecule has 0 radical (unpaired) electrons. The molecule has 92 valence electrons. The van der Waals surface area contributed by atoms with Gasteiger partial charge in [-0.05, 0) is 18.6 Å². The molecule has 0 heterocycles. The standard InChI is InChI=1S/C11H13ClN2O2S/c1-9(7-13)17(15,16)14(2)8-10-5-3-4-6-11(10)12/h3-6,9H,8H2,1-2H3. The lowest BCUT2D eigenvalue weighted by molar-refractivity contribution is 0.463. The van der Waals surface area contributed by atoms with Crippen molar-refractivity contribution in [2.45, 2.75) is 18.7 Å². The van der Waals surface area contributed by atoms with Gasteiger partial charge in [0, 0.05) is 18.6 Å². The van der Waals surface area contributed by atoms with E-state index < -0.39 is 15.3 Å². The Bertz CT molecular complexity index is 537. The van der Waals surface area contributed by atoms with Crippen LogP contribution in [0, 0.1) is 11.3 Å². The zero-order valence-electron chi connectivity index (χ0n) is 9.59. The van der Waals surface area contributed by atoms with E-state index in [2.05, 4.69) is 0 Å². The summed E-state index contributed by atoms with van der Waals surface area (Å²) in [5, 5.41) is 8.11. The number of halogens is 1. The van der Waals surface area contributed by atoms with Gasteiger partial charge in [0.05, 0.1) is 6.07 Å². The summed E-state index contributed by atoms with van der Waals surface area (Å²) in [4.78, 5) is 0. The molecule has 0 aliphatic heterocycles. The van der Waals surface area contributed by atoms with Crippen LogP contribution in [0.2, 0.25) is 5.02 Å². The van der Waals surface area contributed by atoms with Crippen molar-refractivity contribution in [1.29, 1.82) is 5.26 Å². The number of hydrogen-bond acceptors (Lipinski definition) is 3. The zero-order valence-corrected chi connectivity index (χ0v) is 11.2. The van der Waals surface area contributed by atoms with Crippen molar-refractivity contribution in [2.24, 2.45) is 0 Å². The smallest absolute Gasteiger partial charge is 0.211 e. The van der Waals surface area contributed by atoms with Gasteiger partial charge in [0.15, 0.2) is 5.25 Å². The molecule has 0 bridgehead atoms. The maximum absolute atomic E-state index is 11.8. The summed E-state index contributed by atoms with van der Waals surface area (Å²) < 4.78 is 24.8. The van der Waals surface area contributed by atoms with Crippen LogP contribution in [0.1, 0.15) is 12.5 Å². The fraction of sp³-hybridized carbons (Fsp3) is 0.364. The Morgan fingerprint density at radius 1 is 1.47 bits per heavy atom. The molecule has 0 amide bonds. The number of rotatable bonds is 4. The van der Waals surface area contributed by atoms with Crippen LogP contribution in [0.25, 0.3) is 0 Å². The Morgan fingerprint density at radius 2 is 2.06 bits per heavy atom. The van der Waals surface area contributed by atoms with Crippen LogP contribution in [-0.2, 0) is 16.6 Å².